The molecule has 3 N–H and O–H groups in total. The molecule has 98 valence electrons. The number of aromatic nitrogens is 2. The fraction of sp³-hybridized carbons (Fsp3) is 0. The molecule has 0 aliphatic heterocycles. The van der Waals surface area contributed by atoms with Crippen LogP contribution in [0.1, 0.15) is 0 Å². The Bertz CT molecular complexity index is 625. The van der Waals surface area contributed by atoms with E-state index in [-0.39, 0.29) is 16.7 Å². The predicted octanol–water partition coefficient (Wildman–Crippen LogP) is 1.96. The maximum atomic E-state index is 13.1. The van der Waals surface area contributed by atoms with Crippen LogP contribution in [0.5, 0.6) is 0 Å². The van der Waals surface area contributed by atoms with Crippen LogP contribution in [0.3, 0.4) is 0 Å². The van der Waals surface area contributed by atoms with Gasteiger partial charge in [0.1, 0.15) is 12.0 Å². The molecule has 0 fully saturated rings. The Morgan fingerprint density at radius 3 is 2.89 bits per heavy atom. The smallest absolute Gasteiger partial charge is 0.292 e. The van der Waals surface area contributed by atoms with E-state index in [2.05, 4.69) is 15.4 Å². The molecule has 0 bridgehead atoms. The van der Waals surface area contributed by atoms with E-state index >= 15 is 0 Å². The molecule has 2 aromatic rings. The van der Waals surface area contributed by atoms with Crippen LogP contribution in [0.15, 0.2) is 40.4 Å². The third-order valence-corrected chi connectivity index (χ3v) is 3.06. The zero-order valence-electron chi connectivity index (χ0n) is 9.41. The zero-order valence-corrected chi connectivity index (χ0v) is 10.2. The summed E-state index contributed by atoms with van der Waals surface area (Å²) in [6.45, 7) is 0. The largest absolute Gasteiger partial charge is 0.320 e. The van der Waals surface area contributed by atoms with Gasteiger partial charge in [0.15, 0.2) is 5.03 Å². The first-order chi connectivity index (χ1) is 9.10. The first-order valence-corrected chi connectivity index (χ1v) is 5.83. The van der Waals surface area contributed by atoms with Crippen molar-refractivity contribution < 1.29 is 9.31 Å². The van der Waals surface area contributed by atoms with E-state index in [0.29, 0.717) is 4.90 Å². The highest BCUT2D eigenvalue weighted by Crippen LogP contribution is 2.33. The summed E-state index contributed by atoms with van der Waals surface area (Å²) in [6, 6.07) is 5.67. The Labute approximate surface area is 111 Å². The van der Waals surface area contributed by atoms with Crippen molar-refractivity contribution in [3.63, 3.8) is 0 Å². The molecule has 9 heteroatoms. The Morgan fingerprint density at radius 2 is 2.26 bits per heavy atom. The molecule has 19 heavy (non-hydrogen) atoms. The summed E-state index contributed by atoms with van der Waals surface area (Å²) in [5, 5.41) is 10.9. The minimum atomic E-state index is -0.609. The number of nitrogens with zero attached hydrogens (tertiary/aromatic N) is 3. The van der Waals surface area contributed by atoms with Crippen LogP contribution in [0.2, 0.25) is 0 Å². The Hall–Kier alpha value is -2.26. The molecule has 0 saturated carbocycles. The van der Waals surface area contributed by atoms with E-state index in [1.165, 1.54) is 18.2 Å². The molecule has 0 aliphatic rings. The molecule has 1 heterocycles. The van der Waals surface area contributed by atoms with E-state index < -0.39 is 10.7 Å². The van der Waals surface area contributed by atoms with E-state index in [0.717, 1.165) is 18.0 Å². The van der Waals surface area contributed by atoms with E-state index in [1.807, 2.05) is 0 Å². The third-order valence-electron chi connectivity index (χ3n) is 2.07. The molecule has 0 amide bonds. The summed E-state index contributed by atoms with van der Waals surface area (Å²) in [5.74, 6) is 4.76. The lowest BCUT2D eigenvalue weighted by molar-refractivity contribution is -0.388. The number of hydrogen-bond acceptors (Lipinski definition) is 7. The number of nitrogens with one attached hydrogen (secondary N) is 1. The average Bonchev–Trinajstić information content (AvgIpc) is 2.38. The zero-order chi connectivity index (χ0) is 13.8. The minimum absolute atomic E-state index is 0.0458. The van der Waals surface area contributed by atoms with Crippen LogP contribution in [-0.2, 0) is 0 Å². The van der Waals surface area contributed by atoms with E-state index in [1.54, 1.807) is 6.07 Å². The summed E-state index contributed by atoms with van der Waals surface area (Å²) in [6.07, 6.45) is 1.05. The van der Waals surface area contributed by atoms with Crippen LogP contribution in [0.25, 0.3) is 0 Å². The number of benzene rings is 1. The molecule has 1 aromatic carbocycles. The SMILES string of the molecule is NNc1ncc([N+](=O)[O-])c(Sc2cccc(F)c2)n1. The quantitative estimate of drug-likeness (QED) is 0.382. The van der Waals surface area contributed by atoms with Crippen molar-refractivity contribution in [3.05, 3.63) is 46.4 Å². The van der Waals surface area contributed by atoms with Gasteiger partial charge in [0.2, 0.25) is 5.95 Å². The summed E-state index contributed by atoms with van der Waals surface area (Å²) in [4.78, 5) is 18.3. The standard InChI is InChI=1S/C10H8FN5O2S/c11-6-2-1-3-7(4-6)19-9-8(16(17)18)5-13-10(14-9)15-12/h1-5H,12H2,(H,13,14,15). The average molecular weight is 281 g/mol. The highest BCUT2D eigenvalue weighted by atomic mass is 32.2. The highest BCUT2D eigenvalue weighted by Gasteiger charge is 2.18. The second kappa shape index (κ2) is 5.59. The Balaban J connectivity index is 2.39. The molecule has 1 aromatic heterocycles. The maximum Gasteiger partial charge on any atom is 0.320 e. The molecule has 0 saturated heterocycles. The van der Waals surface area contributed by atoms with Crippen LogP contribution in [0.4, 0.5) is 16.0 Å². The Kier molecular flexibility index (Phi) is 3.88. The summed E-state index contributed by atoms with van der Waals surface area (Å²) in [5.41, 5.74) is 1.93. The number of hydrazine groups is 1. The first-order valence-electron chi connectivity index (χ1n) is 5.01. The second-order valence-electron chi connectivity index (χ2n) is 3.34. The van der Waals surface area contributed by atoms with Gasteiger partial charge < -0.3 is 0 Å². The van der Waals surface area contributed by atoms with Gasteiger partial charge in [0.25, 0.3) is 0 Å². The van der Waals surface area contributed by atoms with Gasteiger partial charge in [-0.1, -0.05) is 17.8 Å². The van der Waals surface area contributed by atoms with Gasteiger partial charge in [0, 0.05) is 4.90 Å². The lowest BCUT2D eigenvalue weighted by Gasteiger charge is -2.04. The van der Waals surface area contributed by atoms with Gasteiger partial charge >= 0.3 is 5.69 Å². The summed E-state index contributed by atoms with van der Waals surface area (Å²) < 4.78 is 13.1. The molecular formula is C10H8FN5O2S. The van der Waals surface area contributed by atoms with Crippen molar-refractivity contribution in [2.75, 3.05) is 5.43 Å². The topological polar surface area (TPSA) is 107 Å². The minimum Gasteiger partial charge on any atom is -0.292 e. The lowest BCUT2D eigenvalue weighted by atomic mass is 10.4. The number of rotatable bonds is 4. The summed E-state index contributed by atoms with van der Waals surface area (Å²) >= 11 is 0.958. The number of nitrogens with two attached hydrogens (primary N) is 1. The van der Waals surface area contributed by atoms with Crippen molar-refractivity contribution in [2.24, 2.45) is 5.84 Å². The van der Waals surface area contributed by atoms with Gasteiger partial charge in [-0.05, 0) is 18.2 Å². The predicted molar refractivity (Wildman–Crippen MR) is 67.0 cm³/mol. The molecule has 0 spiro atoms. The monoisotopic (exact) mass is 281 g/mol. The van der Waals surface area contributed by atoms with E-state index in [4.69, 9.17) is 5.84 Å². The number of anilines is 1. The fourth-order valence-corrected chi connectivity index (χ4v) is 2.18. The molecule has 0 unspecified atom stereocenters. The van der Waals surface area contributed by atoms with E-state index in [9.17, 15) is 14.5 Å². The molecule has 0 aliphatic carbocycles. The summed E-state index contributed by atoms with van der Waals surface area (Å²) in [7, 11) is 0. The highest BCUT2D eigenvalue weighted by molar-refractivity contribution is 7.99. The van der Waals surface area contributed by atoms with Crippen molar-refractivity contribution >= 4 is 23.4 Å². The van der Waals surface area contributed by atoms with Gasteiger partial charge in [0.05, 0.1) is 4.92 Å². The number of nitrogen functional groups attached to an aromatic ring is 1. The molecule has 7 nitrogen and oxygen atoms in total. The van der Waals surface area contributed by atoms with Crippen molar-refractivity contribution in [3.8, 4) is 0 Å². The van der Waals surface area contributed by atoms with Crippen LogP contribution in [0, 0.1) is 15.9 Å². The van der Waals surface area contributed by atoms with Gasteiger partial charge in [-0.15, -0.1) is 0 Å². The van der Waals surface area contributed by atoms with Crippen LogP contribution in [-0.4, -0.2) is 14.9 Å². The van der Waals surface area contributed by atoms with Crippen molar-refractivity contribution in [1.82, 2.24) is 9.97 Å². The van der Waals surface area contributed by atoms with Gasteiger partial charge in [-0.2, -0.15) is 4.98 Å². The number of nitro groups is 1. The van der Waals surface area contributed by atoms with Gasteiger partial charge in [-0.3, -0.25) is 15.5 Å². The normalized spacial score (nSPS) is 10.2. The number of hydrogen-bond donors (Lipinski definition) is 2. The van der Waals surface area contributed by atoms with Gasteiger partial charge in [-0.25, -0.2) is 15.2 Å². The molecular weight excluding hydrogens is 273 g/mol. The fourth-order valence-electron chi connectivity index (χ4n) is 1.27. The van der Waals surface area contributed by atoms with Crippen molar-refractivity contribution in [2.45, 2.75) is 9.92 Å². The molecule has 0 radical (unpaired) electrons. The third kappa shape index (κ3) is 3.14. The second-order valence-corrected chi connectivity index (χ2v) is 4.41. The molecule has 0 atom stereocenters. The Morgan fingerprint density at radius 1 is 1.47 bits per heavy atom. The molecule has 2 rings (SSSR count). The number of halogens is 1. The van der Waals surface area contributed by atoms with Crippen LogP contribution < -0.4 is 11.3 Å². The van der Waals surface area contributed by atoms with Crippen molar-refractivity contribution in [1.29, 1.82) is 0 Å². The van der Waals surface area contributed by atoms with Crippen LogP contribution >= 0.6 is 11.8 Å². The maximum absolute atomic E-state index is 13.1. The first kappa shape index (κ1) is 13.2. The lowest BCUT2D eigenvalue weighted by Crippen LogP contribution is -2.11.